The highest BCUT2D eigenvalue weighted by Crippen LogP contribution is 2.30. The number of rotatable bonds is 8. The van der Waals surface area contributed by atoms with E-state index in [1.54, 1.807) is 20.1 Å². The normalized spacial score (nSPS) is 12.5. The van der Waals surface area contributed by atoms with E-state index in [-0.39, 0.29) is 0 Å². The van der Waals surface area contributed by atoms with Crippen LogP contribution in [0.4, 0.5) is 0 Å². The topological polar surface area (TPSA) is 47.9 Å². The van der Waals surface area contributed by atoms with Crippen LogP contribution >= 0.6 is 0 Å². The first-order valence-electron chi connectivity index (χ1n) is 6.61. The van der Waals surface area contributed by atoms with Crippen LogP contribution < -0.4 is 9.47 Å². The summed E-state index contributed by atoms with van der Waals surface area (Å²) in [7, 11) is 1.59. The van der Waals surface area contributed by atoms with E-state index in [2.05, 4.69) is 13.8 Å². The second kappa shape index (κ2) is 8.02. The highest BCUT2D eigenvalue weighted by molar-refractivity contribution is 5.43. The van der Waals surface area contributed by atoms with E-state index in [4.69, 9.17) is 14.2 Å². The summed E-state index contributed by atoms with van der Waals surface area (Å²) in [6.07, 6.45) is -0.516. The Hall–Kier alpha value is -1.26. The maximum atomic E-state index is 9.52. The molecule has 0 aliphatic carbocycles. The lowest BCUT2D eigenvalue weighted by molar-refractivity contribution is 0.0810. The molecule has 0 heterocycles. The zero-order chi connectivity index (χ0) is 14.3. The number of methoxy groups -OCH3 is 1. The zero-order valence-electron chi connectivity index (χ0n) is 12.2. The molecule has 4 nitrogen and oxygen atoms in total. The summed E-state index contributed by atoms with van der Waals surface area (Å²) in [6.45, 7) is 7.71. The van der Waals surface area contributed by atoms with E-state index >= 15 is 0 Å². The Morgan fingerprint density at radius 1 is 1.11 bits per heavy atom. The van der Waals surface area contributed by atoms with Crippen molar-refractivity contribution in [1.82, 2.24) is 0 Å². The van der Waals surface area contributed by atoms with Crippen molar-refractivity contribution in [2.45, 2.75) is 26.9 Å². The van der Waals surface area contributed by atoms with Gasteiger partial charge in [0.25, 0.3) is 0 Å². The van der Waals surface area contributed by atoms with Gasteiger partial charge in [-0.3, -0.25) is 0 Å². The average molecular weight is 268 g/mol. The van der Waals surface area contributed by atoms with Gasteiger partial charge in [0, 0.05) is 6.61 Å². The second-order valence-electron chi connectivity index (χ2n) is 4.90. The lowest BCUT2D eigenvalue weighted by Crippen LogP contribution is -2.10. The Bertz CT molecular complexity index is 374. The van der Waals surface area contributed by atoms with Crippen LogP contribution in [-0.4, -0.2) is 32.0 Å². The molecule has 1 aromatic rings. The van der Waals surface area contributed by atoms with Gasteiger partial charge in [-0.2, -0.15) is 0 Å². The largest absolute Gasteiger partial charge is 0.493 e. The minimum Gasteiger partial charge on any atom is -0.493 e. The molecule has 108 valence electrons. The van der Waals surface area contributed by atoms with Crippen LogP contribution in [0, 0.1) is 5.92 Å². The van der Waals surface area contributed by atoms with Crippen molar-refractivity contribution in [3.05, 3.63) is 23.8 Å². The number of aliphatic hydroxyl groups is 1. The molecule has 0 radical (unpaired) electrons. The molecule has 0 saturated carbocycles. The maximum Gasteiger partial charge on any atom is 0.161 e. The first kappa shape index (κ1) is 15.8. The second-order valence-corrected chi connectivity index (χ2v) is 4.90. The van der Waals surface area contributed by atoms with Crippen molar-refractivity contribution in [2.75, 3.05) is 26.9 Å². The van der Waals surface area contributed by atoms with Crippen LogP contribution in [0.2, 0.25) is 0 Å². The average Bonchev–Trinajstić information content (AvgIpc) is 2.37. The van der Waals surface area contributed by atoms with E-state index in [9.17, 15) is 5.11 Å². The minimum absolute atomic E-state index is 0.483. The Morgan fingerprint density at radius 2 is 1.84 bits per heavy atom. The van der Waals surface area contributed by atoms with Gasteiger partial charge in [0.05, 0.1) is 19.8 Å². The molecule has 0 fully saturated rings. The van der Waals surface area contributed by atoms with E-state index in [0.717, 1.165) is 12.2 Å². The van der Waals surface area contributed by atoms with Crippen molar-refractivity contribution in [1.29, 1.82) is 0 Å². The van der Waals surface area contributed by atoms with Crippen LogP contribution in [0.5, 0.6) is 11.5 Å². The van der Waals surface area contributed by atoms with Gasteiger partial charge in [0.2, 0.25) is 0 Å². The fourth-order valence-electron chi connectivity index (χ4n) is 1.59. The maximum absolute atomic E-state index is 9.52. The standard InChI is InChI=1S/C15H24O4/c1-11(2)10-18-7-8-19-14-6-5-13(12(3)16)9-15(14)17-4/h5-6,9,11-12,16H,7-8,10H2,1-4H3/t12-/m1/s1. The highest BCUT2D eigenvalue weighted by atomic mass is 16.5. The molecule has 1 N–H and O–H groups in total. The van der Waals surface area contributed by atoms with Crippen LogP contribution in [0.3, 0.4) is 0 Å². The zero-order valence-corrected chi connectivity index (χ0v) is 12.2. The molecule has 1 atom stereocenters. The number of aliphatic hydroxyl groups excluding tert-OH is 1. The summed E-state index contributed by atoms with van der Waals surface area (Å²) in [5, 5.41) is 9.52. The summed E-state index contributed by atoms with van der Waals surface area (Å²) in [5.41, 5.74) is 0.806. The van der Waals surface area contributed by atoms with Crippen molar-refractivity contribution in [3.8, 4) is 11.5 Å². The molecule has 1 rings (SSSR count). The molecule has 0 amide bonds. The molecule has 0 saturated heterocycles. The van der Waals surface area contributed by atoms with E-state index in [1.165, 1.54) is 0 Å². The SMILES string of the molecule is COc1cc([C@@H](C)O)ccc1OCCOCC(C)C. The van der Waals surface area contributed by atoms with E-state index < -0.39 is 6.10 Å². The molecule has 1 aromatic carbocycles. The van der Waals surface area contributed by atoms with E-state index in [1.807, 2.05) is 12.1 Å². The van der Waals surface area contributed by atoms with Gasteiger partial charge >= 0.3 is 0 Å². The number of hydrogen-bond acceptors (Lipinski definition) is 4. The van der Waals surface area contributed by atoms with Crippen molar-refractivity contribution < 1.29 is 19.3 Å². The molecular weight excluding hydrogens is 244 g/mol. The molecule has 0 aromatic heterocycles. The fraction of sp³-hybridized carbons (Fsp3) is 0.600. The van der Waals surface area contributed by atoms with Crippen LogP contribution in [-0.2, 0) is 4.74 Å². The van der Waals surface area contributed by atoms with Crippen molar-refractivity contribution in [2.24, 2.45) is 5.92 Å². The summed E-state index contributed by atoms with van der Waals surface area (Å²) in [6, 6.07) is 5.43. The summed E-state index contributed by atoms with van der Waals surface area (Å²) in [4.78, 5) is 0. The number of ether oxygens (including phenoxy) is 3. The van der Waals surface area contributed by atoms with Crippen molar-refractivity contribution >= 4 is 0 Å². The molecule has 0 unspecified atom stereocenters. The predicted octanol–water partition coefficient (Wildman–Crippen LogP) is 2.80. The molecule has 4 heteroatoms. The highest BCUT2D eigenvalue weighted by Gasteiger charge is 2.08. The Labute approximate surface area is 115 Å². The fourth-order valence-corrected chi connectivity index (χ4v) is 1.59. The van der Waals surface area contributed by atoms with Gasteiger partial charge in [-0.15, -0.1) is 0 Å². The predicted molar refractivity (Wildman–Crippen MR) is 74.8 cm³/mol. The third kappa shape index (κ3) is 5.49. The smallest absolute Gasteiger partial charge is 0.161 e. The van der Waals surface area contributed by atoms with Gasteiger partial charge in [0.15, 0.2) is 11.5 Å². The first-order valence-corrected chi connectivity index (χ1v) is 6.61. The number of benzene rings is 1. The van der Waals surface area contributed by atoms with Crippen LogP contribution in [0.1, 0.15) is 32.4 Å². The van der Waals surface area contributed by atoms with Gasteiger partial charge in [-0.05, 0) is 30.5 Å². The third-order valence-corrected chi connectivity index (χ3v) is 2.61. The Kier molecular flexibility index (Phi) is 6.67. The first-order chi connectivity index (χ1) is 9.04. The Morgan fingerprint density at radius 3 is 2.42 bits per heavy atom. The van der Waals surface area contributed by atoms with Gasteiger partial charge in [-0.1, -0.05) is 19.9 Å². The van der Waals surface area contributed by atoms with Gasteiger partial charge < -0.3 is 19.3 Å². The van der Waals surface area contributed by atoms with Crippen LogP contribution in [0.25, 0.3) is 0 Å². The monoisotopic (exact) mass is 268 g/mol. The molecule has 0 spiro atoms. The van der Waals surface area contributed by atoms with Gasteiger partial charge in [-0.25, -0.2) is 0 Å². The van der Waals surface area contributed by atoms with Crippen LogP contribution in [0.15, 0.2) is 18.2 Å². The molecular formula is C15H24O4. The molecule has 0 bridgehead atoms. The summed E-state index contributed by atoms with van der Waals surface area (Å²) in [5.74, 6) is 1.82. The molecule has 0 aliphatic rings. The molecule has 0 aliphatic heterocycles. The lowest BCUT2D eigenvalue weighted by atomic mass is 10.1. The minimum atomic E-state index is -0.516. The third-order valence-electron chi connectivity index (χ3n) is 2.61. The van der Waals surface area contributed by atoms with E-state index in [0.29, 0.717) is 30.6 Å². The number of hydrogen-bond donors (Lipinski definition) is 1. The summed E-state index contributed by atoms with van der Waals surface area (Å²) < 4.78 is 16.3. The molecule has 19 heavy (non-hydrogen) atoms. The lowest BCUT2D eigenvalue weighted by Gasteiger charge is -2.13. The van der Waals surface area contributed by atoms with Crippen molar-refractivity contribution in [3.63, 3.8) is 0 Å². The quantitative estimate of drug-likeness (QED) is 0.736. The summed E-state index contributed by atoms with van der Waals surface area (Å²) >= 11 is 0. The van der Waals surface area contributed by atoms with Gasteiger partial charge in [0.1, 0.15) is 6.61 Å². The Balaban J connectivity index is 2.49.